The first kappa shape index (κ1) is 19.0. The average molecular weight is 379 g/mol. The van der Waals surface area contributed by atoms with Gasteiger partial charge in [-0.25, -0.2) is 0 Å². The molecule has 0 atom stereocenters. The Morgan fingerprint density at radius 2 is 1.82 bits per heavy atom. The lowest BCUT2D eigenvalue weighted by Gasteiger charge is -2.32. The van der Waals surface area contributed by atoms with Crippen LogP contribution in [0.25, 0.3) is 0 Å². The van der Waals surface area contributed by atoms with Crippen molar-refractivity contribution in [3.63, 3.8) is 0 Å². The highest BCUT2D eigenvalue weighted by Crippen LogP contribution is 2.29. The Kier molecular flexibility index (Phi) is 5.38. The molecule has 1 aliphatic carbocycles. The van der Waals surface area contributed by atoms with Crippen LogP contribution in [-0.2, 0) is 12.8 Å². The molecule has 1 amide bonds. The van der Waals surface area contributed by atoms with Crippen LogP contribution in [-0.4, -0.2) is 34.7 Å². The maximum absolute atomic E-state index is 13.0. The number of aromatic nitrogens is 1. The molecule has 1 aliphatic heterocycles. The number of carbonyl (C=O) groups excluding carboxylic acids is 2. The van der Waals surface area contributed by atoms with E-state index in [0.717, 1.165) is 62.0 Å². The molecule has 2 aliphatic rings. The molecule has 1 saturated heterocycles. The Morgan fingerprint density at radius 1 is 1.11 bits per heavy atom. The van der Waals surface area contributed by atoms with Gasteiger partial charge in [0, 0.05) is 30.8 Å². The van der Waals surface area contributed by atoms with Gasteiger partial charge in [-0.1, -0.05) is 29.8 Å². The highest BCUT2D eigenvalue weighted by molar-refractivity contribution is 6.04. The highest BCUT2D eigenvalue weighted by Gasteiger charge is 2.30. The summed E-state index contributed by atoms with van der Waals surface area (Å²) in [6.07, 6.45) is 6.79. The summed E-state index contributed by atoms with van der Waals surface area (Å²) in [6, 6.07) is 8.81. The molecule has 4 heteroatoms. The Balaban J connectivity index is 1.34. The predicted molar refractivity (Wildman–Crippen MR) is 111 cm³/mol. The van der Waals surface area contributed by atoms with E-state index in [1.165, 1.54) is 17.5 Å². The first-order valence-electron chi connectivity index (χ1n) is 10.6. The number of benzene rings is 1. The first-order chi connectivity index (χ1) is 13.5. The summed E-state index contributed by atoms with van der Waals surface area (Å²) in [5.74, 6) is 0.936. The minimum atomic E-state index is 0.0664. The maximum atomic E-state index is 13.0. The van der Waals surface area contributed by atoms with E-state index in [9.17, 15) is 9.59 Å². The van der Waals surface area contributed by atoms with Gasteiger partial charge in [-0.05, 0) is 69.4 Å². The zero-order chi connectivity index (χ0) is 19.7. The number of H-pyrrole nitrogens is 1. The number of hydrogen-bond donors (Lipinski definition) is 1. The van der Waals surface area contributed by atoms with E-state index in [1.54, 1.807) is 0 Å². The second-order valence-corrected chi connectivity index (χ2v) is 8.52. The van der Waals surface area contributed by atoms with Crippen LogP contribution in [0.2, 0.25) is 0 Å². The molecule has 4 rings (SSSR count). The summed E-state index contributed by atoms with van der Waals surface area (Å²) in [5.41, 5.74) is 5.94. The second kappa shape index (κ2) is 7.94. The molecule has 0 unspecified atom stereocenters. The molecule has 0 bridgehead atoms. The zero-order valence-corrected chi connectivity index (χ0v) is 17.0. The minimum absolute atomic E-state index is 0.0664. The molecular weight excluding hydrogens is 348 g/mol. The molecular formula is C24H30N2O2. The van der Waals surface area contributed by atoms with Gasteiger partial charge in [0.15, 0.2) is 5.78 Å². The van der Waals surface area contributed by atoms with E-state index in [1.807, 2.05) is 11.8 Å². The number of piperidine rings is 1. The van der Waals surface area contributed by atoms with Crippen LogP contribution in [0.15, 0.2) is 24.3 Å². The summed E-state index contributed by atoms with van der Waals surface area (Å²) in [6.45, 7) is 5.66. The number of aryl methyl sites for hydroxylation is 3. The van der Waals surface area contributed by atoms with E-state index in [-0.39, 0.29) is 11.7 Å². The summed E-state index contributed by atoms with van der Waals surface area (Å²) >= 11 is 0. The van der Waals surface area contributed by atoms with Crippen LogP contribution in [0.1, 0.15) is 75.3 Å². The first-order valence-corrected chi connectivity index (χ1v) is 10.6. The van der Waals surface area contributed by atoms with Gasteiger partial charge in [0.05, 0.1) is 0 Å². The van der Waals surface area contributed by atoms with E-state index >= 15 is 0 Å². The number of aromatic amines is 1. The van der Waals surface area contributed by atoms with Crippen molar-refractivity contribution < 1.29 is 9.59 Å². The summed E-state index contributed by atoms with van der Waals surface area (Å²) < 4.78 is 0. The molecule has 1 aromatic heterocycles. The smallest absolute Gasteiger partial charge is 0.270 e. The summed E-state index contributed by atoms with van der Waals surface area (Å²) in [4.78, 5) is 30.5. The third-order valence-electron chi connectivity index (χ3n) is 6.51. The van der Waals surface area contributed by atoms with Gasteiger partial charge >= 0.3 is 0 Å². The lowest BCUT2D eigenvalue weighted by atomic mass is 9.90. The Morgan fingerprint density at radius 3 is 2.50 bits per heavy atom. The van der Waals surface area contributed by atoms with Gasteiger partial charge in [0.1, 0.15) is 5.69 Å². The molecule has 1 fully saturated rings. The Hall–Kier alpha value is -2.36. The van der Waals surface area contributed by atoms with Gasteiger partial charge in [0.25, 0.3) is 5.91 Å². The Labute approximate surface area is 167 Å². The fourth-order valence-corrected chi connectivity index (χ4v) is 4.70. The van der Waals surface area contributed by atoms with Gasteiger partial charge in [-0.3, -0.25) is 9.59 Å². The molecule has 0 spiro atoms. The van der Waals surface area contributed by atoms with Gasteiger partial charge in [-0.2, -0.15) is 0 Å². The number of nitrogens with zero attached hydrogens (tertiary/aromatic N) is 1. The number of hydrogen-bond acceptors (Lipinski definition) is 2. The van der Waals surface area contributed by atoms with Crippen molar-refractivity contribution >= 4 is 11.7 Å². The summed E-state index contributed by atoms with van der Waals surface area (Å²) in [5, 5.41) is 0. The lowest BCUT2D eigenvalue weighted by molar-refractivity contribution is 0.0680. The largest absolute Gasteiger partial charge is 0.354 e. The van der Waals surface area contributed by atoms with Crippen LogP contribution in [0.3, 0.4) is 0 Å². The Bertz CT molecular complexity index is 871. The minimum Gasteiger partial charge on any atom is -0.354 e. The lowest BCUT2D eigenvalue weighted by Crippen LogP contribution is -2.39. The SMILES string of the molecule is Cc1ccc(CCC2CCN(C(=O)c3[nH]c4c(c3C)C(=O)CCC4)CC2)cc1. The van der Waals surface area contributed by atoms with E-state index in [4.69, 9.17) is 0 Å². The molecule has 0 radical (unpaired) electrons. The predicted octanol–water partition coefficient (Wildman–Crippen LogP) is 4.64. The van der Waals surface area contributed by atoms with Gasteiger partial charge < -0.3 is 9.88 Å². The van der Waals surface area contributed by atoms with Crippen molar-refractivity contribution in [3.05, 3.63) is 57.9 Å². The van der Waals surface area contributed by atoms with Crippen molar-refractivity contribution in [1.82, 2.24) is 9.88 Å². The average Bonchev–Trinajstić information content (AvgIpc) is 3.05. The fraction of sp³-hybridized carbons (Fsp3) is 0.500. The number of carbonyl (C=O) groups is 2. The zero-order valence-electron chi connectivity index (χ0n) is 17.0. The quantitative estimate of drug-likeness (QED) is 0.843. The van der Waals surface area contributed by atoms with Crippen molar-refractivity contribution in [2.75, 3.05) is 13.1 Å². The van der Waals surface area contributed by atoms with Crippen molar-refractivity contribution in [2.24, 2.45) is 5.92 Å². The molecule has 1 aromatic carbocycles. The fourth-order valence-electron chi connectivity index (χ4n) is 4.70. The molecule has 0 saturated carbocycles. The van der Waals surface area contributed by atoms with Crippen molar-refractivity contribution in [3.8, 4) is 0 Å². The van der Waals surface area contributed by atoms with E-state index in [0.29, 0.717) is 18.0 Å². The highest BCUT2D eigenvalue weighted by atomic mass is 16.2. The third-order valence-corrected chi connectivity index (χ3v) is 6.51. The number of amides is 1. The number of nitrogens with one attached hydrogen (secondary N) is 1. The van der Waals surface area contributed by atoms with Crippen LogP contribution in [0.5, 0.6) is 0 Å². The molecule has 1 N–H and O–H groups in total. The van der Waals surface area contributed by atoms with Crippen molar-refractivity contribution in [2.45, 2.75) is 58.8 Å². The van der Waals surface area contributed by atoms with Crippen molar-refractivity contribution in [1.29, 1.82) is 0 Å². The van der Waals surface area contributed by atoms with Crippen LogP contribution in [0, 0.1) is 19.8 Å². The maximum Gasteiger partial charge on any atom is 0.270 e. The molecule has 4 nitrogen and oxygen atoms in total. The second-order valence-electron chi connectivity index (χ2n) is 8.52. The standard InChI is InChI=1S/C24H30N2O2/c1-16-6-8-18(9-7-16)10-11-19-12-14-26(15-13-19)24(28)23-17(2)22-20(25-23)4-3-5-21(22)27/h6-9,19,25H,3-5,10-15H2,1-2H3. The number of fused-ring (bicyclic) bond motifs is 1. The number of rotatable bonds is 4. The molecule has 28 heavy (non-hydrogen) atoms. The topological polar surface area (TPSA) is 53.2 Å². The molecule has 2 aromatic rings. The van der Waals surface area contributed by atoms with E-state index in [2.05, 4.69) is 36.2 Å². The number of likely N-dealkylation sites (tertiary alicyclic amines) is 1. The summed E-state index contributed by atoms with van der Waals surface area (Å²) in [7, 11) is 0. The van der Waals surface area contributed by atoms with Gasteiger partial charge in [-0.15, -0.1) is 0 Å². The molecule has 148 valence electrons. The number of ketones is 1. The normalized spacial score (nSPS) is 17.6. The van der Waals surface area contributed by atoms with Crippen LogP contribution in [0.4, 0.5) is 0 Å². The number of Topliss-reactive ketones (excluding diaryl/α,β-unsaturated/α-hetero) is 1. The van der Waals surface area contributed by atoms with Gasteiger partial charge in [0.2, 0.25) is 0 Å². The molecule has 2 heterocycles. The third kappa shape index (κ3) is 3.78. The van der Waals surface area contributed by atoms with Crippen LogP contribution >= 0.6 is 0 Å². The van der Waals surface area contributed by atoms with E-state index < -0.39 is 0 Å². The monoisotopic (exact) mass is 378 g/mol. The van der Waals surface area contributed by atoms with Crippen LogP contribution < -0.4 is 0 Å².